The van der Waals surface area contributed by atoms with Gasteiger partial charge in [0.25, 0.3) is 0 Å². The van der Waals surface area contributed by atoms with E-state index in [1.54, 1.807) is 14.2 Å². The van der Waals surface area contributed by atoms with Gasteiger partial charge in [0.05, 0.1) is 19.6 Å². The summed E-state index contributed by atoms with van der Waals surface area (Å²) in [6.07, 6.45) is -4.54. The van der Waals surface area contributed by atoms with E-state index in [2.05, 4.69) is 4.98 Å². The monoisotopic (exact) mass is 801 g/mol. The molecule has 2 heterocycles. The molecule has 0 amide bonds. The first kappa shape index (κ1) is 40.2. The molecule has 6 aromatic carbocycles. The molecule has 60 heavy (non-hydrogen) atoms. The van der Waals surface area contributed by atoms with E-state index in [1.165, 1.54) is 12.3 Å². The minimum absolute atomic E-state index is 0.00989. The van der Waals surface area contributed by atoms with Gasteiger partial charge in [-0.25, -0.2) is 4.79 Å². The van der Waals surface area contributed by atoms with Gasteiger partial charge in [-0.15, -0.1) is 0 Å². The Morgan fingerprint density at radius 2 is 0.983 bits per heavy atom. The molecule has 8 rings (SSSR count). The summed E-state index contributed by atoms with van der Waals surface area (Å²) >= 11 is 0. The van der Waals surface area contributed by atoms with Gasteiger partial charge >= 0.3 is 5.69 Å². The second-order valence-electron chi connectivity index (χ2n) is 15.0. The summed E-state index contributed by atoms with van der Waals surface area (Å²) in [6, 6.07) is 56.6. The molecule has 10 heteroatoms. The van der Waals surface area contributed by atoms with Crippen molar-refractivity contribution in [2.75, 3.05) is 20.0 Å². The molecule has 1 aliphatic rings. The van der Waals surface area contributed by atoms with Crippen LogP contribution in [0.15, 0.2) is 187 Å². The molecule has 1 fully saturated rings. The Kier molecular flexibility index (Phi) is 11.1. The van der Waals surface area contributed by atoms with Crippen LogP contribution in [0.5, 0.6) is 11.5 Å². The second kappa shape index (κ2) is 16.6. The highest BCUT2D eigenvalue weighted by Crippen LogP contribution is 2.58. The van der Waals surface area contributed by atoms with Crippen LogP contribution in [-0.2, 0) is 20.5 Å². The lowest BCUT2D eigenvalue weighted by atomic mass is 9.57. The molecule has 1 aliphatic heterocycles. The Hall–Kier alpha value is -6.56. The molecule has 1 saturated heterocycles. The van der Waals surface area contributed by atoms with Crippen LogP contribution in [-0.4, -0.2) is 57.9 Å². The summed E-state index contributed by atoms with van der Waals surface area (Å²) in [7, 11) is 3.24. The molecule has 0 spiro atoms. The Morgan fingerprint density at radius 1 is 0.583 bits per heavy atom. The number of hydrogen-bond acceptors (Lipinski definition) is 9. The number of nitrogen functional groups attached to an aromatic ring is 1. The molecule has 5 atom stereocenters. The van der Waals surface area contributed by atoms with Gasteiger partial charge in [-0.05, 0) is 70.6 Å². The van der Waals surface area contributed by atoms with Crippen molar-refractivity contribution in [1.82, 2.24) is 9.55 Å². The zero-order chi connectivity index (χ0) is 41.9. The highest BCUT2D eigenvalue weighted by molar-refractivity contribution is 5.57. The number of ether oxygens (including phenoxy) is 4. The summed E-state index contributed by atoms with van der Waals surface area (Å²) in [5.74, 6) is 1.30. The molecule has 0 bridgehead atoms. The topological polar surface area (TPSA) is 138 Å². The number of hydrogen-bond donors (Lipinski definition) is 3. The number of rotatable bonds is 13. The quantitative estimate of drug-likeness (QED) is 0.103. The average molecular weight is 802 g/mol. The minimum atomic E-state index is -1.73. The van der Waals surface area contributed by atoms with Crippen molar-refractivity contribution in [1.29, 1.82) is 0 Å². The maximum absolute atomic E-state index is 13.4. The number of anilines is 1. The van der Waals surface area contributed by atoms with Crippen molar-refractivity contribution in [2.24, 2.45) is 0 Å². The highest BCUT2D eigenvalue weighted by Gasteiger charge is 2.66. The summed E-state index contributed by atoms with van der Waals surface area (Å²) in [5.41, 5.74) is 5.31. The lowest BCUT2D eigenvalue weighted by molar-refractivity contribution is -0.219. The molecule has 304 valence electrons. The minimum Gasteiger partial charge on any atom is -0.497 e. The fourth-order valence-corrected chi connectivity index (χ4v) is 9.06. The van der Waals surface area contributed by atoms with Gasteiger partial charge in [-0.1, -0.05) is 146 Å². The van der Waals surface area contributed by atoms with E-state index in [4.69, 9.17) is 24.7 Å². The maximum Gasteiger partial charge on any atom is 0.351 e. The molecule has 10 nitrogen and oxygen atoms in total. The van der Waals surface area contributed by atoms with E-state index in [1.807, 2.05) is 177 Å². The van der Waals surface area contributed by atoms with E-state index in [9.17, 15) is 15.0 Å². The fourth-order valence-electron chi connectivity index (χ4n) is 9.06. The Labute approximate surface area is 349 Å². The SMILES string of the molecule is COc1ccc(C(OC(C)([C@H]2O[C@@H](n3ccc(N)nc3=O)[C@H](O)[C@@H]2O)C(c2ccccc2)(c2ccccc2)c2ccc(OC)cc2)(c2ccccc2)c2ccccc2)cc1. The molecular formula is C50H47N3O7. The van der Waals surface area contributed by atoms with Gasteiger partial charge in [0.1, 0.15) is 46.8 Å². The normalized spacial score (nSPS) is 19.0. The first-order valence-corrected chi connectivity index (χ1v) is 19.7. The van der Waals surface area contributed by atoms with Crippen LogP contribution in [0.25, 0.3) is 0 Å². The molecule has 0 radical (unpaired) electrons. The summed E-state index contributed by atoms with van der Waals surface area (Å²) in [4.78, 5) is 17.4. The molecule has 1 aromatic heterocycles. The van der Waals surface area contributed by atoms with Crippen molar-refractivity contribution in [3.05, 3.63) is 226 Å². The van der Waals surface area contributed by atoms with Gasteiger partial charge in [0.15, 0.2) is 6.23 Å². The van der Waals surface area contributed by atoms with Gasteiger partial charge in [0, 0.05) is 6.20 Å². The third kappa shape index (κ3) is 6.73. The number of aliphatic hydroxyl groups excluding tert-OH is 2. The van der Waals surface area contributed by atoms with E-state index >= 15 is 0 Å². The van der Waals surface area contributed by atoms with Crippen molar-refractivity contribution < 1.29 is 29.2 Å². The predicted molar refractivity (Wildman–Crippen MR) is 230 cm³/mol. The molecule has 0 aliphatic carbocycles. The van der Waals surface area contributed by atoms with Crippen LogP contribution >= 0.6 is 0 Å². The predicted octanol–water partition coefficient (Wildman–Crippen LogP) is 7.26. The third-order valence-corrected chi connectivity index (χ3v) is 11.8. The van der Waals surface area contributed by atoms with E-state index in [0.29, 0.717) is 11.5 Å². The van der Waals surface area contributed by atoms with Gasteiger partial charge < -0.3 is 34.9 Å². The van der Waals surface area contributed by atoms with Crippen LogP contribution in [0, 0.1) is 0 Å². The Bertz CT molecular complexity index is 2480. The first-order valence-electron chi connectivity index (χ1n) is 19.7. The van der Waals surface area contributed by atoms with Crippen molar-refractivity contribution in [3.63, 3.8) is 0 Å². The van der Waals surface area contributed by atoms with E-state index in [0.717, 1.165) is 37.9 Å². The highest BCUT2D eigenvalue weighted by atomic mass is 16.6. The molecule has 0 saturated carbocycles. The van der Waals surface area contributed by atoms with Gasteiger partial charge in [0.2, 0.25) is 0 Å². The van der Waals surface area contributed by atoms with E-state index < -0.39 is 46.8 Å². The van der Waals surface area contributed by atoms with Crippen LogP contribution < -0.4 is 20.9 Å². The molecular weight excluding hydrogens is 755 g/mol. The van der Waals surface area contributed by atoms with Gasteiger partial charge in [-0.2, -0.15) is 4.98 Å². The number of benzene rings is 6. The number of nitrogens with zero attached hydrogens (tertiary/aromatic N) is 2. The number of aromatic nitrogens is 2. The summed E-state index contributed by atoms with van der Waals surface area (Å²) in [6.45, 7) is 1.92. The van der Waals surface area contributed by atoms with Crippen LogP contribution in [0.3, 0.4) is 0 Å². The molecule has 7 aromatic rings. The van der Waals surface area contributed by atoms with Crippen LogP contribution in [0.2, 0.25) is 0 Å². The van der Waals surface area contributed by atoms with Crippen molar-refractivity contribution >= 4 is 5.82 Å². The lowest BCUT2D eigenvalue weighted by Crippen LogP contribution is -2.65. The Morgan fingerprint density at radius 3 is 1.42 bits per heavy atom. The smallest absolute Gasteiger partial charge is 0.351 e. The number of nitrogens with two attached hydrogens (primary N) is 1. The molecule has 4 N–H and O–H groups in total. The summed E-state index contributed by atoms with van der Waals surface area (Å²) < 4.78 is 27.7. The first-order chi connectivity index (χ1) is 29.2. The van der Waals surface area contributed by atoms with Crippen LogP contribution in [0.1, 0.15) is 46.5 Å². The number of aliphatic hydroxyl groups is 2. The van der Waals surface area contributed by atoms with Gasteiger partial charge in [-0.3, -0.25) is 4.57 Å². The number of methoxy groups -OCH3 is 2. The Balaban J connectivity index is 1.53. The lowest BCUT2D eigenvalue weighted by Gasteiger charge is -2.56. The van der Waals surface area contributed by atoms with Crippen LogP contribution in [0.4, 0.5) is 5.82 Å². The van der Waals surface area contributed by atoms with Crippen molar-refractivity contribution in [3.8, 4) is 11.5 Å². The fraction of sp³-hybridized carbons (Fsp3) is 0.200. The summed E-state index contributed by atoms with van der Waals surface area (Å²) in [5, 5.41) is 24.8. The maximum atomic E-state index is 13.4. The zero-order valence-corrected chi connectivity index (χ0v) is 33.5. The second-order valence-corrected chi connectivity index (χ2v) is 15.0. The standard InChI is InChI=1S/C50H47N3O7/c1-48(45-43(54)44(55)46(59-45)53-33-32-42(51)52-47(53)56,49(34-16-8-4-9-17-34,35-18-10-5-11-19-35)36-24-28-40(57-2)29-25-36)60-50(37-20-12-6-13-21-37,38-22-14-7-15-23-38)39-26-30-41(58-3)31-27-39/h4-33,43-46,54-55H,1-3H3,(H2,51,52,56)/t43-,44+,45-,46+,48?/m0/s1. The van der Waals surface area contributed by atoms with E-state index in [-0.39, 0.29) is 5.82 Å². The zero-order valence-electron chi connectivity index (χ0n) is 33.5. The third-order valence-electron chi connectivity index (χ3n) is 11.8. The molecule has 1 unspecified atom stereocenters. The largest absolute Gasteiger partial charge is 0.497 e. The average Bonchev–Trinajstić information content (AvgIpc) is 3.60. The van der Waals surface area contributed by atoms with Crippen molar-refractivity contribution in [2.45, 2.75) is 48.1 Å².